The maximum absolute atomic E-state index is 12.8. The number of phosphoric acid groups is 1. The summed E-state index contributed by atoms with van der Waals surface area (Å²) in [6.45, 7) is 8.22. The lowest BCUT2D eigenvalue weighted by molar-refractivity contribution is 0.117. The molecule has 1 saturated heterocycles. The van der Waals surface area contributed by atoms with Crippen LogP contribution in [0.5, 0.6) is 0 Å². The molecule has 1 aromatic carbocycles. The molecule has 5 heteroatoms. The second-order valence-corrected chi connectivity index (χ2v) is 8.10. The van der Waals surface area contributed by atoms with Crippen molar-refractivity contribution in [2.24, 2.45) is 23.7 Å². The maximum atomic E-state index is 12.8. The van der Waals surface area contributed by atoms with E-state index in [1.54, 1.807) is 0 Å². The zero-order valence-electron chi connectivity index (χ0n) is 14.2. The Balaban J connectivity index is 1.71. The Bertz CT molecular complexity index is 693. The van der Waals surface area contributed by atoms with Crippen LogP contribution in [-0.2, 0) is 24.7 Å². The molecule has 0 radical (unpaired) electrons. The van der Waals surface area contributed by atoms with E-state index in [4.69, 9.17) is 13.6 Å². The van der Waals surface area contributed by atoms with Gasteiger partial charge in [-0.2, -0.15) is 0 Å². The average Bonchev–Trinajstić information content (AvgIpc) is 2.84. The number of hydrogen-bond donors (Lipinski definition) is 0. The van der Waals surface area contributed by atoms with Crippen LogP contribution in [0.1, 0.15) is 12.0 Å². The van der Waals surface area contributed by atoms with E-state index in [2.05, 4.69) is 24.6 Å². The van der Waals surface area contributed by atoms with Crippen LogP contribution in [0.15, 0.2) is 67.1 Å². The van der Waals surface area contributed by atoms with E-state index >= 15 is 0 Å². The fraction of sp³-hybridized carbons (Fsp3) is 0.400. The molecular weight excluding hydrogens is 335 g/mol. The Morgan fingerprint density at radius 1 is 1.08 bits per heavy atom. The lowest BCUT2D eigenvalue weighted by Crippen LogP contribution is -2.22. The van der Waals surface area contributed by atoms with Gasteiger partial charge >= 0.3 is 7.82 Å². The van der Waals surface area contributed by atoms with Gasteiger partial charge < -0.3 is 0 Å². The standard InChI is InChI=1S/C20H23O4P/c1-3-8-17-12-18(9-4-2)20-15-24-25(21,23-14-19(17)20)22-13-16-10-6-5-7-11-16/h5-11,17-20H,1-2,12-15H2/t17-,18?,19-,20+,25?/m1/s1. The quantitative estimate of drug-likeness (QED) is 0.554. The van der Waals surface area contributed by atoms with Crippen molar-refractivity contribution in [1.29, 1.82) is 0 Å². The molecule has 4 nitrogen and oxygen atoms in total. The van der Waals surface area contributed by atoms with E-state index < -0.39 is 7.82 Å². The molecule has 1 heterocycles. The van der Waals surface area contributed by atoms with Crippen LogP contribution >= 0.6 is 7.82 Å². The van der Waals surface area contributed by atoms with E-state index in [0.29, 0.717) is 13.2 Å². The summed E-state index contributed by atoms with van der Waals surface area (Å²) >= 11 is 0. The minimum Gasteiger partial charge on any atom is -0.287 e. The Labute approximate surface area is 149 Å². The summed E-state index contributed by atoms with van der Waals surface area (Å²) in [5.41, 5.74) is 6.67. The molecule has 25 heavy (non-hydrogen) atoms. The molecule has 2 aliphatic rings. The summed E-state index contributed by atoms with van der Waals surface area (Å²) in [7, 11) is -3.57. The molecule has 0 aromatic heterocycles. The van der Waals surface area contributed by atoms with Crippen LogP contribution in [0.25, 0.3) is 0 Å². The molecule has 5 atom stereocenters. The fourth-order valence-corrected chi connectivity index (χ4v) is 4.91. The van der Waals surface area contributed by atoms with Gasteiger partial charge in [-0.3, -0.25) is 13.6 Å². The normalized spacial score (nSPS) is 34.2. The third-order valence-electron chi connectivity index (χ3n) is 4.94. The van der Waals surface area contributed by atoms with Gasteiger partial charge in [0.15, 0.2) is 0 Å². The first-order valence-electron chi connectivity index (χ1n) is 8.44. The molecule has 1 aliphatic heterocycles. The van der Waals surface area contributed by atoms with E-state index in [1.165, 1.54) is 0 Å². The molecule has 132 valence electrons. The van der Waals surface area contributed by atoms with Crippen LogP contribution in [0.3, 0.4) is 0 Å². The highest BCUT2D eigenvalue weighted by Crippen LogP contribution is 2.56. The molecule has 0 spiro atoms. The van der Waals surface area contributed by atoms with Crippen LogP contribution in [0.4, 0.5) is 0 Å². The van der Waals surface area contributed by atoms with Crippen molar-refractivity contribution in [1.82, 2.24) is 0 Å². The molecule has 2 fully saturated rings. The zero-order valence-corrected chi connectivity index (χ0v) is 15.1. The summed E-state index contributed by atoms with van der Waals surface area (Å²) in [5, 5.41) is 0. The van der Waals surface area contributed by atoms with Gasteiger partial charge in [0.05, 0.1) is 19.8 Å². The van der Waals surface area contributed by atoms with Crippen LogP contribution in [-0.4, -0.2) is 13.2 Å². The summed E-state index contributed by atoms with van der Waals surface area (Å²) in [6.07, 6.45) is 4.89. The minimum absolute atomic E-state index is 0.194. The first kappa shape index (κ1) is 18.2. The lowest BCUT2D eigenvalue weighted by atomic mass is 9.88. The first-order chi connectivity index (χ1) is 12.1. The monoisotopic (exact) mass is 358 g/mol. The Morgan fingerprint density at radius 2 is 1.64 bits per heavy atom. The van der Waals surface area contributed by atoms with Gasteiger partial charge in [0.1, 0.15) is 0 Å². The number of allylic oxidation sites excluding steroid dienone is 2. The topological polar surface area (TPSA) is 44.8 Å². The van der Waals surface area contributed by atoms with Crippen molar-refractivity contribution < 1.29 is 18.1 Å². The number of phosphoric ester groups is 1. The molecule has 2 unspecified atom stereocenters. The average molecular weight is 358 g/mol. The largest absolute Gasteiger partial charge is 0.475 e. The van der Waals surface area contributed by atoms with Crippen molar-refractivity contribution in [2.75, 3.05) is 13.2 Å². The fourth-order valence-electron chi connectivity index (χ4n) is 3.67. The van der Waals surface area contributed by atoms with Crippen LogP contribution in [0, 0.1) is 23.7 Å². The predicted octanol–water partition coefficient (Wildman–Crippen LogP) is 4.91. The van der Waals surface area contributed by atoms with Gasteiger partial charge in [0, 0.05) is 0 Å². The summed E-state index contributed by atoms with van der Waals surface area (Å²) < 4.78 is 29.6. The lowest BCUT2D eigenvalue weighted by Gasteiger charge is -2.19. The van der Waals surface area contributed by atoms with Gasteiger partial charge in [-0.05, 0) is 47.8 Å². The predicted molar refractivity (Wildman–Crippen MR) is 96.7 cm³/mol. The van der Waals surface area contributed by atoms with Crippen molar-refractivity contribution in [2.45, 2.75) is 13.0 Å². The van der Waals surface area contributed by atoms with E-state index in [9.17, 15) is 4.57 Å². The molecule has 0 bridgehead atoms. The second-order valence-electron chi connectivity index (χ2n) is 6.43. The zero-order chi connectivity index (χ0) is 17.7. The molecular formula is C20H23O4P. The highest BCUT2D eigenvalue weighted by molar-refractivity contribution is 7.48. The van der Waals surface area contributed by atoms with Gasteiger partial charge in [-0.25, -0.2) is 4.57 Å². The summed E-state index contributed by atoms with van der Waals surface area (Å²) in [5.74, 6) is 0.919. The van der Waals surface area contributed by atoms with E-state index in [0.717, 1.165) is 12.0 Å². The Hall–Kier alpha value is -1.63. The first-order valence-corrected chi connectivity index (χ1v) is 9.91. The van der Waals surface area contributed by atoms with Gasteiger partial charge in [0.2, 0.25) is 0 Å². The van der Waals surface area contributed by atoms with Crippen LogP contribution < -0.4 is 0 Å². The third kappa shape index (κ3) is 4.32. The van der Waals surface area contributed by atoms with E-state index in [-0.39, 0.29) is 30.3 Å². The highest BCUT2D eigenvalue weighted by atomic mass is 31.2. The van der Waals surface area contributed by atoms with Crippen molar-refractivity contribution >= 4 is 7.82 Å². The molecule has 1 saturated carbocycles. The van der Waals surface area contributed by atoms with Gasteiger partial charge in [-0.1, -0.05) is 43.5 Å². The molecule has 3 rings (SSSR count). The molecule has 1 aliphatic carbocycles. The SMILES string of the molecule is C=C=CC1C[C@@H](C=C=C)[C@H]2COP(=O)(OCc3ccccc3)OC[C@@H]12. The minimum atomic E-state index is -3.57. The van der Waals surface area contributed by atoms with Crippen LogP contribution in [0.2, 0.25) is 0 Å². The summed E-state index contributed by atoms with van der Waals surface area (Å²) in [6, 6.07) is 9.56. The second kappa shape index (κ2) is 8.17. The van der Waals surface area contributed by atoms with E-state index in [1.807, 2.05) is 42.5 Å². The summed E-state index contributed by atoms with van der Waals surface area (Å²) in [4.78, 5) is 0. The molecule has 1 aromatic rings. The van der Waals surface area contributed by atoms with Gasteiger partial charge in [0.25, 0.3) is 0 Å². The third-order valence-corrected chi connectivity index (χ3v) is 6.32. The number of hydrogen-bond acceptors (Lipinski definition) is 4. The Kier molecular flexibility index (Phi) is 5.93. The van der Waals surface area contributed by atoms with Crippen molar-refractivity contribution in [3.05, 3.63) is 72.7 Å². The number of fused-ring (bicyclic) bond motifs is 1. The molecule has 0 N–H and O–H groups in total. The number of benzene rings is 1. The highest BCUT2D eigenvalue weighted by Gasteiger charge is 2.46. The number of rotatable bonds is 5. The van der Waals surface area contributed by atoms with Crippen molar-refractivity contribution in [3.63, 3.8) is 0 Å². The van der Waals surface area contributed by atoms with Gasteiger partial charge in [-0.15, -0.1) is 11.5 Å². The van der Waals surface area contributed by atoms with Crippen molar-refractivity contribution in [3.8, 4) is 0 Å². The maximum Gasteiger partial charge on any atom is 0.475 e. The molecule has 0 amide bonds. The smallest absolute Gasteiger partial charge is 0.287 e. The Morgan fingerprint density at radius 3 is 2.16 bits per heavy atom.